The SMILES string of the molecule is CNC(=O)c1cccc(OCC(N=[N+]=[N-])OCCOCC(=O)NCC#Cc2cn([C@H]3CC(OCN=[N+]=[N-])[C@@H](COP(=O)(O)OP(=O)(O)OP(=O)(O)O)O3)c3nc(N)[nH]c(=O)c23)c1. The summed E-state index contributed by atoms with van der Waals surface area (Å²) in [6.45, 7) is -2.47. The summed E-state index contributed by atoms with van der Waals surface area (Å²) < 4.78 is 76.2. The number of ether oxygens (including phenoxy) is 5. The fourth-order valence-corrected chi connectivity index (χ4v) is 8.29. The predicted octanol–water partition coefficient (Wildman–Crippen LogP) is 1.17. The zero-order valence-corrected chi connectivity index (χ0v) is 34.5. The maximum absolute atomic E-state index is 13.0. The molecule has 0 bridgehead atoms. The number of carbonyl (C=O) groups is 2. The van der Waals surface area contributed by atoms with Crippen LogP contribution in [-0.2, 0) is 50.6 Å². The highest BCUT2D eigenvalue weighted by atomic mass is 31.3. The number of hydrogen-bond acceptors (Lipinski definition) is 18. The molecule has 1 saturated heterocycles. The number of azide groups is 2. The molecule has 2 aromatic heterocycles. The van der Waals surface area contributed by atoms with Gasteiger partial charge in [-0.05, 0) is 29.3 Å². The summed E-state index contributed by atoms with van der Waals surface area (Å²) in [5, 5.41) is 11.7. The lowest BCUT2D eigenvalue weighted by molar-refractivity contribution is -0.126. The molecule has 33 heteroatoms. The number of aromatic amines is 1. The van der Waals surface area contributed by atoms with Gasteiger partial charge >= 0.3 is 23.5 Å². The molecular formula is C29H37N12O18P3. The first-order chi connectivity index (χ1) is 29.3. The molecule has 336 valence electrons. The zero-order chi connectivity index (χ0) is 45.5. The van der Waals surface area contributed by atoms with E-state index in [1.807, 2.05) is 0 Å². The van der Waals surface area contributed by atoms with E-state index >= 15 is 0 Å². The van der Waals surface area contributed by atoms with E-state index in [0.717, 1.165) is 0 Å². The van der Waals surface area contributed by atoms with Gasteiger partial charge in [-0.15, -0.1) is 0 Å². The molecule has 9 N–H and O–H groups in total. The standard InChI is InChI=1S/C29H37N12O18P3/c1-33-27(43)17-4-2-6-19(10-17)54-15-23(38-40-32)53-9-8-52-14-22(42)34-7-3-5-18-12-41(26-25(18)28(44)37-29(30)36-26)24-11-20(55-16-35-39-31)21(57-24)13-56-61(48,49)59-62(50,51)58-60(45,46)47/h2,4,6,10,12,20-21,23-24H,7-9,11,13-16H2,1H3,(H,33,43)(H,34,42)(H,48,49)(H,50,51)(H2,45,46,47)(H3,30,36,37,44)/t20?,21-,23?,24-/m1/s1. The average molecular weight is 935 g/mol. The third kappa shape index (κ3) is 15.5. The summed E-state index contributed by atoms with van der Waals surface area (Å²) in [5.41, 5.74) is 23.0. The minimum absolute atomic E-state index is 0.0491. The molecule has 0 spiro atoms. The number of phosphoric acid groups is 3. The van der Waals surface area contributed by atoms with Crippen molar-refractivity contribution in [2.75, 3.05) is 59.1 Å². The summed E-state index contributed by atoms with van der Waals surface area (Å²) in [6, 6.07) is 6.30. The highest BCUT2D eigenvalue weighted by Gasteiger charge is 2.43. The van der Waals surface area contributed by atoms with Crippen LogP contribution < -0.4 is 26.7 Å². The molecule has 0 aliphatic carbocycles. The summed E-state index contributed by atoms with van der Waals surface area (Å²) in [7, 11) is -15.6. The first-order valence-electron chi connectivity index (χ1n) is 17.2. The van der Waals surface area contributed by atoms with Gasteiger partial charge in [-0.1, -0.05) is 28.1 Å². The number of nitrogens with one attached hydrogen (secondary N) is 3. The van der Waals surface area contributed by atoms with Crippen molar-refractivity contribution >= 4 is 52.3 Å². The summed E-state index contributed by atoms with van der Waals surface area (Å²) in [4.78, 5) is 85.9. The minimum Gasteiger partial charge on any atom is -0.491 e. The van der Waals surface area contributed by atoms with Crippen molar-refractivity contribution in [3.63, 3.8) is 0 Å². The van der Waals surface area contributed by atoms with Gasteiger partial charge < -0.3 is 64.2 Å². The van der Waals surface area contributed by atoms with Crippen LogP contribution in [0.1, 0.15) is 28.6 Å². The zero-order valence-electron chi connectivity index (χ0n) is 31.9. The molecule has 0 radical (unpaired) electrons. The smallest absolute Gasteiger partial charge is 0.490 e. The average Bonchev–Trinajstić information content (AvgIpc) is 3.77. The Hall–Kier alpha value is -5.39. The van der Waals surface area contributed by atoms with E-state index in [2.05, 4.69) is 61.1 Å². The molecule has 1 aliphatic rings. The molecule has 0 saturated carbocycles. The molecule has 3 aromatic rings. The quantitative estimate of drug-likeness (QED) is 0.0165. The number of rotatable bonds is 23. The Labute approximate surface area is 347 Å². The maximum atomic E-state index is 13.0. The molecule has 1 aliphatic heterocycles. The van der Waals surface area contributed by atoms with Gasteiger partial charge in [0.2, 0.25) is 11.9 Å². The van der Waals surface area contributed by atoms with Gasteiger partial charge in [-0.25, -0.2) is 13.7 Å². The van der Waals surface area contributed by atoms with Crippen molar-refractivity contribution in [2.24, 2.45) is 10.2 Å². The molecule has 3 heterocycles. The summed E-state index contributed by atoms with van der Waals surface area (Å²) in [6.07, 6.45) is -3.38. The van der Waals surface area contributed by atoms with Crippen LogP contribution in [0, 0.1) is 11.8 Å². The molecule has 2 amide bonds. The van der Waals surface area contributed by atoms with Crippen LogP contribution in [0.2, 0.25) is 0 Å². The largest absolute Gasteiger partial charge is 0.491 e. The van der Waals surface area contributed by atoms with E-state index in [-0.39, 0.29) is 61.2 Å². The van der Waals surface area contributed by atoms with Crippen LogP contribution in [0.3, 0.4) is 0 Å². The van der Waals surface area contributed by atoms with Crippen molar-refractivity contribution in [2.45, 2.75) is 31.1 Å². The molecule has 4 rings (SSSR count). The molecular weight excluding hydrogens is 897 g/mol. The van der Waals surface area contributed by atoms with Gasteiger partial charge in [0, 0.05) is 35.1 Å². The van der Waals surface area contributed by atoms with E-state index in [1.54, 1.807) is 18.2 Å². The molecule has 1 fully saturated rings. The first kappa shape index (κ1) is 49.3. The van der Waals surface area contributed by atoms with Crippen LogP contribution >= 0.6 is 23.5 Å². The Morgan fingerprint density at radius 3 is 2.65 bits per heavy atom. The highest BCUT2D eigenvalue weighted by Crippen LogP contribution is 2.66. The van der Waals surface area contributed by atoms with E-state index in [1.165, 1.54) is 23.9 Å². The van der Waals surface area contributed by atoms with E-state index in [9.17, 15) is 37.9 Å². The van der Waals surface area contributed by atoms with Crippen LogP contribution in [0.15, 0.2) is 45.5 Å². The number of phosphoric ester groups is 1. The molecule has 30 nitrogen and oxygen atoms in total. The fraction of sp³-hybridized carbons (Fsp3) is 0.448. The number of anilines is 1. The third-order valence-corrected chi connectivity index (χ3v) is 11.5. The Morgan fingerprint density at radius 2 is 1.94 bits per heavy atom. The number of fused-ring (bicyclic) bond motifs is 1. The Bertz CT molecular complexity index is 2460. The van der Waals surface area contributed by atoms with Crippen LogP contribution in [0.25, 0.3) is 31.9 Å². The predicted molar refractivity (Wildman–Crippen MR) is 207 cm³/mol. The minimum atomic E-state index is -5.83. The second-order valence-electron chi connectivity index (χ2n) is 12.0. The third-order valence-electron chi connectivity index (χ3n) is 7.68. The van der Waals surface area contributed by atoms with Gasteiger partial charge in [0.1, 0.15) is 38.0 Å². The second kappa shape index (κ2) is 22.6. The number of carbonyl (C=O) groups excluding carboxylic acids is 2. The number of benzene rings is 1. The number of nitrogens with zero attached hydrogens (tertiary/aromatic N) is 8. The number of nitrogen functional groups attached to an aromatic ring is 1. The van der Waals surface area contributed by atoms with E-state index in [0.29, 0.717) is 11.3 Å². The normalized spacial score (nSPS) is 18.5. The van der Waals surface area contributed by atoms with Crippen LogP contribution in [-0.4, -0.2) is 118 Å². The van der Waals surface area contributed by atoms with Crippen molar-refractivity contribution in [1.29, 1.82) is 0 Å². The van der Waals surface area contributed by atoms with Gasteiger partial charge in [-0.3, -0.25) is 23.9 Å². The Balaban J connectivity index is 1.34. The van der Waals surface area contributed by atoms with Crippen molar-refractivity contribution in [1.82, 2.24) is 25.2 Å². The summed E-state index contributed by atoms with van der Waals surface area (Å²) >= 11 is 0. The van der Waals surface area contributed by atoms with E-state index in [4.69, 9.17) is 54.8 Å². The number of nitrogens with two attached hydrogens (primary N) is 1. The fourth-order valence-electron chi connectivity index (χ4n) is 5.26. The Kier molecular flexibility index (Phi) is 18.0. The number of hydrogen-bond donors (Lipinski definition) is 8. The van der Waals surface area contributed by atoms with E-state index < -0.39 is 79.5 Å². The number of H-pyrrole nitrogens is 1. The highest BCUT2D eigenvalue weighted by molar-refractivity contribution is 7.66. The monoisotopic (exact) mass is 934 g/mol. The lowest BCUT2D eigenvalue weighted by Crippen LogP contribution is -2.29. The van der Waals surface area contributed by atoms with Crippen molar-refractivity contribution < 1.29 is 79.7 Å². The maximum Gasteiger partial charge on any atom is 0.490 e. The molecule has 62 heavy (non-hydrogen) atoms. The van der Waals surface area contributed by atoms with Gasteiger partial charge in [0.05, 0.1) is 43.4 Å². The van der Waals surface area contributed by atoms with Crippen LogP contribution in [0.4, 0.5) is 5.95 Å². The van der Waals surface area contributed by atoms with Gasteiger partial charge in [0.25, 0.3) is 11.5 Å². The number of aromatic nitrogens is 3. The second-order valence-corrected chi connectivity index (χ2v) is 16.4. The van der Waals surface area contributed by atoms with Crippen molar-refractivity contribution in [3.8, 4) is 17.6 Å². The lowest BCUT2D eigenvalue weighted by atomic mass is 10.2. The summed E-state index contributed by atoms with van der Waals surface area (Å²) in [5.74, 6) is 4.57. The first-order valence-corrected chi connectivity index (χ1v) is 21.8. The van der Waals surface area contributed by atoms with Gasteiger partial charge in [0.15, 0.2) is 11.9 Å². The van der Waals surface area contributed by atoms with Crippen molar-refractivity contribution in [3.05, 3.63) is 72.8 Å². The molecule has 1 aromatic carbocycles. The lowest BCUT2D eigenvalue weighted by Gasteiger charge is -2.21. The Morgan fingerprint density at radius 1 is 1.16 bits per heavy atom. The van der Waals surface area contributed by atoms with Gasteiger partial charge in [-0.2, -0.15) is 13.6 Å². The molecule has 6 atom stereocenters. The number of amides is 2. The van der Waals surface area contributed by atoms with Crippen LogP contribution in [0.5, 0.6) is 5.75 Å². The molecule has 4 unspecified atom stereocenters. The topological polar surface area (TPSA) is 438 Å².